The van der Waals surface area contributed by atoms with Gasteiger partial charge in [-0.2, -0.15) is 0 Å². The van der Waals surface area contributed by atoms with Crippen molar-refractivity contribution in [2.45, 2.75) is 20.4 Å². The first-order valence-corrected chi connectivity index (χ1v) is 6.20. The third kappa shape index (κ3) is 3.13. The molecular formula is C16H17NO2. The van der Waals surface area contributed by atoms with E-state index in [9.17, 15) is 9.90 Å². The molecular weight excluding hydrogens is 238 g/mol. The van der Waals surface area contributed by atoms with E-state index in [1.165, 1.54) is 0 Å². The second-order valence-electron chi connectivity index (χ2n) is 4.62. The lowest BCUT2D eigenvalue weighted by Gasteiger charge is -2.10. The Labute approximate surface area is 112 Å². The minimum absolute atomic E-state index is 0.0843. The second kappa shape index (κ2) is 5.57. The number of aryl methyl sites for hydroxylation is 2. The van der Waals surface area contributed by atoms with Gasteiger partial charge in [0.1, 0.15) is 5.75 Å². The van der Waals surface area contributed by atoms with Crippen molar-refractivity contribution in [1.29, 1.82) is 0 Å². The Bertz CT molecular complexity index is 585. The number of aromatic hydroxyl groups is 1. The van der Waals surface area contributed by atoms with E-state index in [-0.39, 0.29) is 11.7 Å². The van der Waals surface area contributed by atoms with Crippen molar-refractivity contribution in [2.75, 3.05) is 0 Å². The van der Waals surface area contributed by atoms with Gasteiger partial charge in [0, 0.05) is 12.1 Å². The molecule has 0 radical (unpaired) electrons. The Morgan fingerprint density at radius 2 is 1.74 bits per heavy atom. The highest BCUT2D eigenvalue weighted by molar-refractivity contribution is 5.96. The summed E-state index contributed by atoms with van der Waals surface area (Å²) in [6, 6.07) is 12.7. The molecule has 0 atom stereocenters. The normalized spacial score (nSPS) is 10.2. The van der Waals surface area contributed by atoms with E-state index in [1.54, 1.807) is 18.2 Å². The van der Waals surface area contributed by atoms with Crippen molar-refractivity contribution in [3.63, 3.8) is 0 Å². The highest BCUT2D eigenvalue weighted by Gasteiger charge is 2.11. The summed E-state index contributed by atoms with van der Waals surface area (Å²) in [6.45, 7) is 4.26. The fourth-order valence-electron chi connectivity index (χ4n) is 2.11. The van der Waals surface area contributed by atoms with Crippen LogP contribution in [0.4, 0.5) is 0 Å². The zero-order valence-corrected chi connectivity index (χ0v) is 11.1. The lowest BCUT2D eigenvalue weighted by Crippen LogP contribution is -2.24. The number of carbonyl (C=O) groups excluding carboxylic acids is 1. The highest BCUT2D eigenvalue weighted by Crippen LogP contribution is 2.14. The molecule has 0 saturated heterocycles. The molecule has 0 bridgehead atoms. The summed E-state index contributed by atoms with van der Waals surface area (Å²) in [5.41, 5.74) is 3.53. The minimum atomic E-state index is -0.0843. The van der Waals surface area contributed by atoms with Crippen molar-refractivity contribution in [3.05, 3.63) is 64.7 Å². The summed E-state index contributed by atoms with van der Waals surface area (Å²) in [7, 11) is 0. The molecule has 1 amide bonds. The first-order valence-electron chi connectivity index (χ1n) is 6.20. The van der Waals surface area contributed by atoms with E-state index >= 15 is 0 Å². The molecule has 0 saturated carbocycles. The number of phenols is 1. The number of rotatable bonds is 3. The van der Waals surface area contributed by atoms with Crippen molar-refractivity contribution in [1.82, 2.24) is 5.32 Å². The molecule has 0 aromatic heterocycles. The summed E-state index contributed by atoms with van der Waals surface area (Å²) >= 11 is 0. The molecule has 3 nitrogen and oxygen atoms in total. The van der Waals surface area contributed by atoms with Gasteiger partial charge in [-0.15, -0.1) is 0 Å². The highest BCUT2D eigenvalue weighted by atomic mass is 16.3. The Hall–Kier alpha value is -2.29. The Kier molecular flexibility index (Phi) is 3.85. The first-order chi connectivity index (χ1) is 9.08. The van der Waals surface area contributed by atoms with Gasteiger partial charge in [-0.3, -0.25) is 4.79 Å². The maximum Gasteiger partial charge on any atom is 0.252 e. The van der Waals surface area contributed by atoms with E-state index in [2.05, 4.69) is 5.32 Å². The van der Waals surface area contributed by atoms with Gasteiger partial charge in [-0.05, 0) is 42.7 Å². The number of hydrogen-bond acceptors (Lipinski definition) is 2. The van der Waals surface area contributed by atoms with Gasteiger partial charge in [0.05, 0.1) is 0 Å². The van der Waals surface area contributed by atoms with Crippen LogP contribution in [0.1, 0.15) is 27.0 Å². The molecule has 0 fully saturated rings. The van der Waals surface area contributed by atoms with Crippen molar-refractivity contribution in [3.8, 4) is 5.75 Å². The number of hydrogen-bond donors (Lipinski definition) is 2. The lowest BCUT2D eigenvalue weighted by atomic mass is 10.0. The third-order valence-electron chi connectivity index (χ3n) is 3.07. The van der Waals surface area contributed by atoms with Crippen LogP contribution in [0.2, 0.25) is 0 Å². The molecule has 3 heteroatoms. The lowest BCUT2D eigenvalue weighted by molar-refractivity contribution is 0.0949. The predicted molar refractivity (Wildman–Crippen MR) is 75.2 cm³/mol. The van der Waals surface area contributed by atoms with Crippen LogP contribution in [0.3, 0.4) is 0 Å². The minimum Gasteiger partial charge on any atom is -0.508 e. The molecule has 2 aromatic rings. The van der Waals surface area contributed by atoms with E-state index in [1.807, 2.05) is 38.1 Å². The average molecular weight is 255 g/mol. The average Bonchev–Trinajstić information content (AvgIpc) is 2.36. The quantitative estimate of drug-likeness (QED) is 0.886. The van der Waals surface area contributed by atoms with Crippen LogP contribution in [-0.2, 0) is 6.54 Å². The third-order valence-corrected chi connectivity index (χ3v) is 3.07. The van der Waals surface area contributed by atoms with E-state index in [0.717, 1.165) is 22.3 Å². The van der Waals surface area contributed by atoms with E-state index < -0.39 is 0 Å². The van der Waals surface area contributed by atoms with Crippen LogP contribution < -0.4 is 5.32 Å². The topological polar surface area (TPSA) is 49.3 Å². The summed E-state index contributed by atoms with van der Waals surface area (Å²) in [4.78, 5) is 12.2. The summed E-state index contributed by atoms with van der Waals surface area (Å²) in [5, 5.41) is 12.2. The monoisotopic (exact) mass is 255 g/mol. The Morgan fingerprint density at radius 1 is 1.11 bits per heavy atom. The maximum atomic E-state index is 12.2. The van der Waals surface area contributed by atoms with Crippen LogP contribution in [0, 0.1) is 13.8 Å². The van der Waals surface area contributed by atoms with E-state index in [0.29, 0.717) is 6.54 Å². The van der Waals surface area contributed by atoms with Crippen molar-refractivity contribution < 1.29 is 9.90 Å². The summed E-state index contributed by atoms with van der Waals surface area (Å²) in [6.07, 6.45) is 0. The standard InChI is InChI=1S/C16H17NO2/c1-11-5-3-6-12(2)15(11)16(19)17-10-13-7-4-8-14(18)9-13/h3-9,18H,10H2,1-2H3,(H,17,19). The SMILES string of the molecule is Cc1cccc(C)c1C(=O)NCc1cccc(O)c1. The van der Waals surface area contributed by atoms with E-state index in [4.69, 9.17) is 0 Å². The second-order valence-corrected chi connectivity index (χ2v) is 4.62. The van der Waals surface area contributed by atoms with Gasteiger partial charge in [0.2, 0.25) is 0 Å². The maximum absolute atomic E-state index is 12.2. The number of benzene rings is 2. The van der Waals surface area contributed by atoms with Gasteiger partial charge in [0.15, 0.2) is 0 Å². The molecule has 98 valence electrons. The number of amides is 1. The molecule has 2 rings (SSSR count). The first kappa shape index (κ1) is 13.1. The van der Waals surface area contributed by atoms with Crippen molar-refractivity contribution in [2.24, 2.45) is 0 Å². The van der Waals surface area contributed by atoms with Crippen LogP contribution in [0.5, 0.6) is 5.75 Å². The molecule has 0 unspecified atom stereocenters. The van der Waals surface area contributed by atoms with Crippen LogP contribution >= 0.6 is 0 Å². The number of carbonyl (C=O) groups is 1. The summed E-state index contributed by atoms with van der Waals surface area (Å²) in [5.74, 6) is 0.123. The van der Waals surface area contributed by atoms with Gasteiger partial charge in [-0.25, -0.2) is 0 Å². The molecule has 0 aliphatic rings. The predicted octanol–water partition coefficient (Wildman–Crippen LogP) is 2.94. The fraction of sp³-hybridized carbons (Fsp3) is 0.188. The van der Waals surface area contributed by atoms with Crippen LogP contribution in [0.15, 0.2) is 42.5 Å². The molecule has 0 aliphatic heterocycles. The van der Waals surface area contributed by atoms with Gasteiger partial charge < -0.3 is 10.4 Å². The molecule has 0 spiro atoms. The van der Waals surface area contributed by atoms with Gasteiger partial charge in [0.25, 0.3) is 5.91 Å². The molecule has 0 aliphatic carbocycles. The molecule has 2 N–H and O–H groups in total. The number of phenolic OH excluding ortho intramolecular Hbond substituents is 1. The van der Waals surface area contributed by atoms with Crippen molar-refractivity contribution >= 4 is 5.91 Å². The molecule has 0 heterocycles. The zero-order chi connectivity index (χ0) is 13.8. The Balaban J connectivity index is 2.10. The van der Waals surface area contributed by atoms with Gasteiger partial charge in [-0.1, -0.05) is 30.3 Å². The summed E-state index contributed by atoms with van der Waals surface area (Å²) < 4.78 is 0. The Morgan fingerprint density at radius 3 is 2.37 bits per heavy atom. The zero-order valence-electron chi connectivity index (χ0n) is 11.1. The molecule has 2 aromatic carbocycles. The number of nitrogens with one attached hydrogen (secondary N) is 1. The van der Waals surface area contributed by atoms with Crippen LogP contribution in [0.25, 0.3) is 0 Å². The molecule has 19 heavy (non-hydrogen) atoms. The largest absolute Gasteiger partial charge is 0.508 e. The smallest absolute Gasteiger partial charge is 0.252 e. The van der Waals surface area contributed by atoms with Crippen LogP contribution in [-0.4, -0.2) is 11.0 Å². The fourth-order valence-corrected chi connectivity index (χ4v) is 2.11. The van der Waals surface area contributed by atoms with Gasteiger partial charge >= 0.3 is 0 Å².